The van der Waals surface area contributed by atoms with Gasteiger partial charge in [-0.2, -0.15) is 0 Å². The fourth-order valence-electron chi connectivity index (χ4n) is 3.23. The Morgan fingerprint density at radius 1 is 1.04 bits per heavy atom. The van der Waals surface area contributed by atoms with Crippen LogP contribution in [-0.2, 0) is 13.0 Å². The molecule has 0 N–H and O–H groups in total. The van der Waals surface area contributed by atoms with E-state index >= 15 is 0 Å². The summed E-state index contributed by atoms with van der Waals surface area (Å²) in [6.07, 6.45) is 2.42. The maximum atomic E-state index is 12.9. The Hall–Kier alpha value is -3.01. The minimum Gasteiger partial charge on any atom is -0.331 e. The third kappa shape index (κ3) is 3.03. The molecule has 0 saturated carbocycles. The Morgan fingerprint density at radius 3 is 2.44 bits per heavy atom. The average molecular weight is 329 g/mol. The number of benzene rings is 2. The molecule has 2 heterocycles. The van der Waals surface area contributed by atoms with Crippen LogP contribution in [0.3, 0.4) is 0 Å². The summed E-state index contributed by atoms with van der Waals surface area (Å²) in [4.78, 5) is 23.9. The van der Waals surface area contributed by atoms with Gasteiger partial charge in [0.05, 0.1) is 11.3 Å². The van der Waals surface area contributed by atoms with Gasteiger partial charge >= 0.3 is 0 Å². The molecule has 4 heteroatoms. The summed E-state index contributed by atoms with van der Waals surface area (Å²) in [6, 6.07) is 20.0. The van der Waals surface area contributed by atoms with Crippen LogP contribution in [0.4, 0.5) is 0 Å². The molecule has 1 aromatic heterocycles. The second-order valence-electron chi connectivity index (χ2n) is 6.39. The summed E-state index contributed by atoms with van der Waals surface area (Å²) in [6.45, 7) is 2.69. The largest absolute Gasteiger partial charge is 0.331 e. The van der Waals surface area contributed by atoms with Crippen molar-refractivity contribution in [3.05, 3.63) is 83.7 Å². The molecule has 0 fully saturated rings. The maximum Gasteiger partial charge on any atom is 0.257 e. The van der Waals surface area contributed by atoms with Gasteiger partial charge in [0.1, 0.15) is 0 Å². The van der Waals surface area contributed by atoms with Crippen molar-refractivity contribution in [1.82, 2.24) is 14.9 Å². The van der Waals surface area contributed by atoms with E-state index in [2.05, 4.69) is 16.9 Å². The first-order valence-electron chi connectivity index (χ1n) is 8.48. The lowest BCUT2D eigenvalue weighted by Gasteiger charge is -2.34. The first kappa shape index (κ1) is 15.5. The van der Waals surface area contributed by atoms with E-state index in [9.17, 15) is 4.79 Å². The summed E-state index contributed by atoms with van der Waals surface area (Å²) in [5.74, 6) is 0.688. The average Bonchev–Trinajstić information content (AvgIpc) is 2.66. The van der Waals surface area contributed by atoms with Gasteiger partial charge < -0.3 is 4.90 Å². The van der Waals surface area contributed by atoms with Crippen LogP contribution in [0, 0.1) is 0 Å². The number of aromatic nitrogens is 2. The smallest absolute Gasteiger partial charge is 0.257 e. The van der Waals surface area contributed by atoms with Gasteiger partial charge in [0, 0.05) is 30.8 Å². The molecule has 0 spiro atoms. The first-order chi connectivity index (χ1) is 12.2. The predicted molar refractivity (Wildman–Crippen MR) is 96.9 cm³/mol. The molecule has 25 heavy (non-hydrogen) atoms. The molecule has 1 atom stereocenters. The van der Waals surface area contributed by atoms with Crippen molar-refractivity contribution in [2.75, 3.05) is 0 Å². The summed E-state index contributed by atoms with van der Waals surface area (Å²) in [7, 11) is 0. The third-order valence-corrected chi connectivity index (χ3v) is 4.61. The molecular formula is C21H19N3O. The van der Waals surface area contributed by atoms with Gasteiger partial charge in [0.25, 0.3) is 5.91 Å². The minimum absolute atomic E-state index is 0.0113. The Balaban J connectivity index is 1.64. The summed E-state index contributed by atoms with van der Waals surface area (Å²) >= 11 is 0. The van der Waals surface area contributed by atoms with Crippen LogP contribution in [0.2, 0.25) is 0 Å². The third-order valence-electron chi connectivity index (χ3n) is 4.61. The van der Waals surface area contributed by atoms with Crippen molar-refractivity contribution >= 4 is 5.91 Å². The monoisotopic (exact) mass is 329 g/mol. The molecule has 1 unspecified atom stereocenters. The topological polar surface area (TPSA) is 46.1 Å². The normalized spacial score (nSPS) is 16.6. The molecule has 4 rings (SSSR count). The molecule has 0 bridgehead atoms. The zero-order chi connectivity index (χ0) is 17.2. The molecule has 2 aromatic carbocycles. The van der Waals surface area contributed by atoms with Crippen LogP contribution in [0.25, 0.3) is 11.4 Å². The predicted octanol–water partition coefficient (Wildman–Crippen LogP) is 3.73. The summed E-state index contributed by atoms with van der Waals surface area (Å²) in [5, 5.41) is 0. The Bertz CT molecular complexity index is 894. The van der Waals surface area contributed by atoms with E-state index in [0.29, 0.717) is 17.9 Å². The van der Waals surface area contributed by atoms with E-state index in [1.807, 2.05) is 65.6 Å². The van der Waals surface area contributed by atoms with E-state index in [-0.39, 0.29) is 11.9 Å². The van der Waals surface area contributed by atoms with Crippen LogP contribution in [0.15, 0.2) is 66.9 Å². The number of nitrogens with zero attached hydrogens (tertiary/aromatic N) is 3. The van der Waals surface area contributed by atoms with E-state index in [0.717, 1.165) is 23.2 Å². The number of carbonyl (C=O) groups excluding carboxylic acids is 1. The molecule has 4 nitrogen and oxygen atoms in total. The molecule has 0 radical (unpaired) electrons. The van der Waals surface area contributed by atoms with Crippen molar-refractivity contribution in [3.63, 3.8) is 0 Å². The quantitative estimate of drug-likeness (QED) is 0.735. The number of carbonyl (C=O) groups is 1. The Kier molecular flexibility index (Phi) is 4.02. The van der Waals surface area contributed by atoms with Crippen molar-refractivity contribution in [2.24, 2.45) is 0 Å². The summed E-state index contributed by atoms with van der Waals surface area (Å²) < 4.78 is 0. The molecule has 0 saturated heterocycles. The van der Waals surface area contributed by atoms with Crippen LogP contribution in [-0.4, -0.2) is 26.8 Å². The zero-order valence-corrected chi connectivity index (χ0v) is 14.1. The number of rotatable bonds is 3. The van der Waals surface area contributed by atoms with Crippen LogP contribution in [0.1, 0.15) is 28.5 Å². The van der Waals surface area contributed by atoms with Crippen LogP contribution < -0.4 is 0 Å². The molecular weight excluding hydrogens is 310 g/mol. The van der Waals surface area contributed by atoms with Gasteiger partial charge in [-0.1, -0.05) is 60.7 Å². The van der Waals surface area contributed by atoms with Crippen molar-refractivity contribution < 1.29 is 4.79 Å². The fraction of sp³-hybridized carbons (Fsp3) is 0.190. The van der Waals surface area contributed by atoms with E-state index in [1.165, 1.54) is 0 Å². The van der Waals surface area contributed by atoms with Gasteiger partial charge in [0.2, 0.25) is 0 Å². The lowest BCUT2D eigenvalue weighted by atomic mass is 9.99. The lowest BCUT2D eigenvalue weighted by Crippen LogP contribution is -2.44. The van der Waals surface area contributed by atoms with E-state index in [1.54, 1.807) is 6.20 Å². The maximum absolute atomic E-state index is 12.9. The molecule has 0 aliphatic carbocycles. The number of fused-ring (bicyclic) bond motifs is 1. The molecule has 1 aliphatic heterocycles. The molecule has 1 amide bonds. The molecule has 3 aromatic rings. The van der Waals surface area contributed by atoms with Crippen LogP contribution >= 0.6 is 0 Å². The second kappa shape index (κ2) is 6.48. The fourth-order valence-corrected chi connectivity index (χ4v) is 3.23. The van der Waals surface area contributed by atoms with Crippen LogP contribution in [0.5, 0.6) is 0 Å². The summed E-state index contributed by atoms with van der Waals surface area (Å²) in [5.41, 5.74) is 3.56. The number of hydrogen-bond donors (Lipinski definition) is 0. The van der Waals surface area contributed by atoms with Crippen molar-refractivity contribution in [3.8, 4) is 11.4 Å². The minimum atomic E-state index is 0.0113. The SMILES string of the molecule is CC1Cc2nc(-c3ccccc3)ncc2C(=O)N1Cc1ccccc1. The molecule has 124 valence electrons. The Morgan fingerprint density at radius 2 is 1.72 bits per heavy atom. The number of amides is 1. The van der Waals surface area contributed by atoms with Crippen molar-refractivity contribution in [2.45, 2.75) is 25.9 Å². The highest BCUT2D eigenvalue weighted by molar-refractivity contribution is 5.96. The van der Waals surface area contributed by atoms with E-state index in [4.69, 9.17) is 0 Å². The lowest BCUT2D eigenvalue weighted by molar-refractivity contribution is 0.0646. The van der Waals surface area contributed by atoms with Gasteiger partial charge in [-0.05, 0) is 12.5 Å². The van der Waals surface area contributed by atoms with Gasteiger partial charge in [0.15, 0.2) is 5.82 Å². The number of hydrogen-bond acceptors (Lipinski definition) is 3. The highest BCUT2D eigenvalue weighted by atomic mass is 16.2. The highest BCUT2D eigenvalue weighted by Gasteiger charge is 2.31. The van der Waals surface area contributed by atoms with E-state index < -0.39 is 0 Å². The van der Waals surface area contributed by atoms with Gasteiger partial charge in [-0.15, -0.1) is 0 Å². The Labute approximate surface area is 147 Å². The standard InChI is InChI=1S/C21H19N3O/c1-15-12-19-18(13-22-20(23-19)17-10-6-3-7-11-17)21(25)24(15)14-16-8-4-2-5-9-16/h2-11,13,15H,12,14H2,1H3. The molecule has 1 aliphatic rings. The van der Waals surface area contributed by atoms with Crippen molar-refractivity contribution in [1.29, 1.82) is 0 Å². The van der Waals surface area contributed by atoms with Gasteiger partial charge in [-0.25, -0.2) is 9.97 Å². The second-order valence-corrected chi connectivity index (χ2v) is 6.39. The van der Waals surface area contributed by atoms with Gasteiger partial charge in [-0.3, -0.25) is 4.79 Å². The first-order valence-corrected chi connectivity index (χ1v) is 8.48. The zero-order valence-electron chi connectivity index (χ0n) is 14.1. The highest BCUT2D eigenvalue weighted by Crippen LogP contribution is 2.25.